The molecule has 0 saturated heterocycles. The molecule has 112 valence electrons. The van der Waals surface area contributed by atoms with E-state index < -0.39 is 0 Å². The molecule has 1 aromatic rings. The molecule has 2 rings (SSSR count). The molecule has 1 saturated carbocycles. The fraction of sp³-hybridized carbons (Fsp3) is 0.647. The zero-order valence-electron chi connectivity index (χ0n) is 12.9. The lowest BCUT2D eigenvalue weighted by Gasteiger charge is -2.34. The molecular formula is C17H25ClFN. The van der Waals surface area contributed by atoms with E-state index >= 15 is 0 Å². The quantitative estimate of drug-likeness (QED) is 0.821. The van der Waals surface area contributed by atoms with Gasteiger partial charge in [-0.1, -0.05) is 24.6 Å². The first-order valence-corrected chi connectivity index (χ1v) is 7.76. The van der Waals surface area contributed by atoms with E-state index in [1.807, 2.05) is 6.07 Å². The van der Waals surface area contributed by atoms with E-state index in [9.17, 15) is 4.39 Å². The van der Waals surface area contributed by atoms with Crippen molar-refractivity contribution in [1.82, 2.24) is 5.32 Å². The summed E-state index contributed by atoms with van der Waals surface area (Å²) in [6.45, 7) is 9.70. The van der Waals surface area contributed by atoms with Crippen LogP contribution in [0.4, 0.5) is 4.39 Å². The van der Waals surface area contributed by atoms with Gasteiger partial charge in [-0.2, -0.15) is 0 Å². The third-order valence-corrected chi connectivity index (χ3v) is 4.43. The van der Waals surface area contributed by atoms with Crippen molar-refractivity contribution in [1.29, 1.82) is 0 Å². The first-order valence-electron chi connectivity index (χ1n) is 7.39. The third kappa shape index (κ3) is 4.20. The predicted octanol–water partition coefficient (Wildman–Crippen LogP) is 4.83. The van der Waals surface area contributed by atoms with Crippen molar-refractivity contribution < 1.29 is 4.39 Å². The first kappa shape index (κ1) is 15.8. The zero-order valence-corrected chi connectivity index (χ0v) is 13.6. The van der Waals surface area contributed by atoms with E-state index in [-0.39, 0.29) is 16.8 Å². The highest BCUT2D eigenvalue weighted by atomic mass is 35.5. The molecule has 1 fully saturated rings. The maximum absolute atomic E-state index is 14.0. The van der Waals surface area contributed by atoms with E-state index in [0.717, 1.165) is 18.5 Å². The van der Waals surface area contributed by atoms with Gasteiger partial charge in [-0.25, -0.2) is 4.39 Å². The summed E-state index contributed by atoms with van der Waals surface area (Å²) in [7, 11) is 0. The summed E-state index contributed by atoms with van der Waals surface area (Å²) in [5.74, 6) is 0.521. The Balaban J connectivity index is 2.12. The second-order valence-electron chi connectivity index (χ2n) is 7.44. The summed E-state index contributed by atoms with van der Waals surface area (Å²) in [4.78, 5) is 0. The monoisotopic (exact) mass is 297 g/mol. The normalized spacial score (nSPS) is 18.9. The van der Waals surface area contributed by atoms with Gasteiger partial charge in [-0.15, -0.1) is 0 Å². The Kier molecular flexibility index (Phi) is 4.46. The average Bonchev–Trinajstić information content (AvgIpc) is 3.14. The molecule has 1 nitrogen and oxygen atoms in total. The Labute approximate surface area is 126 Å². The minimum atomic E-state index is -0.180. The Morgan fingerprint density at radius 2 is 1.90 bits per heavy atom. The van der Waals surface area contributed by atoms with Crippen molar-refractivity contribution in [2.75, 3.05) is 6.54 Å². The zero-order chi connectivity index (χ0) is 15.0. The van der Waals surface area contributed by atoms with Crippen molar-refractivity contribution in [3.05, 3.63) is 34.6 Å². The van der Waals surface area contributed by atoms with E-state index in [4.69, 9.17) is 11.6 Å². The Bertz CT molecular complexity index is 476. The Morgan fingerprint density at radius 3 is 2.40 bits per heavy atom. The largest absolute Gasteiger partial charge is 0.312 e. The lowest BCUT2D eigenvalue weighted by atomic mass is 9.78. The second-order valence-corrected chi connectivity index (χ2v) is 7.88. The van der Waals surface area contributed by atoms with Crippen LogP contribution in [0.1, 0.15) is 46.1 Å². The van der Waals surface area contributed by atoms with E-state index in [2.05, 4.69) is 33.0 Å². The molecule has 20 heavy (non-hydrogen) atoms. The molecule has 1 unspecified atom stereocenters. The number of hydrogen-bond donors (Lipinski definition) is 1. The standard InChI is InChI=1S/C17H25ClFN/c1-16(2,3)20-11-17(4,13-6-7-13)10-12-5-8-14(18)9-15(12)19/h5,8-9,13,20H,6-7,10-11H2,1-4H3. The van der Waals surface area contributed by atoms with Crippen LogP contribution in [0, 0.1) is 17.2 Å². The molecule has 0 aromatic heterocycles. The summed E-state index contributed by atoms with van der Waals surface area (Å²) in [5, 5.41) is 4.05. The van der Waals surface area contributed by atoms with Crippen LogP contribution in [-0.2, 0) is 6.42 Å². The molecular weight excluding hydrogens is 273 g/mol. The van der Waals surface area contributed by atoms with Crippen molar-refractivity contribution in [2.24, 2.45) is 11.3 Å². The van der Waals surface area contributed by atoms with Gasteiger partial charge in [0.1, 0.15) is 5.82 Å². The van der Waals surface area contributed by atoms with Crippen LogP contribution >= 0.6 is 11.6 Å². The van der Waals surface area contributed by atoms with Crippen molar-refractivity contribution in [3.8, 4) is 0 Å². The molecule has 1 aliphatic carbocycles. The number of hydrogen-bond acceptors (Lipinski definition) is 1. The van der Waals surface area contributed by atoms with E-state index in [1.54, 1.807) is 6.07 Å². The fourth-order valence-corrected chi connectivity index (χ4v) is 2.86. The molecule has 1 aromatic carbocycles. The van der Waals surface area contributed by atoms with Crippen LogP contribution in [0.15, 0.2) is 18.2 Å². The number of rotatable bonds is 5. The van der Waals surface area contributed by atoms with Gasteiger partial charge in [-0.3, -0.25) is 0 Å². The highest BCUT2D eigenvalue weighted by Gasteiger charge is 2.42. The summed E-state index contributed by atoms with van der Waals surface area (Å²) in [6.07, 6.45) is 3.29. The molecule has 0 bridgehead atoms. The van der Waals surface area contributed by atoms with Crippen molar-refractivity contribution in [2.45, 2.75) is 52.5 Å². The molecule has 1 aliphatic rings. The van der Waals surface area contributed by atoms with Gasteiger partial charge in [0.05, 0.1) is 0 Å². The summed E-state index contributed by atoms with van der Waals surface area (Å²) in [6, 6.07) is 5.03. The van der Waals surface area contributed by atoms with E-state index in [0.29, 0.717) is 10.9 Å². The molecule has 0 spiro atoms. The van der Waals surface area contributed by atoms with Crippen LogP contribution < -0.4 is 5.32 Å². The number of nitrogens with one attached hydrogen (secondary N) is 1. The molecule has 1 atom stereocenters. The van der Waals surface area contributed by atoms with Crippen LogP contribution in [-0.4, -0.2) is 12.1 Å². The molecule has 0 radical (unpaired) electrons. The highest BCUT2D eigenvalue weighted by Crippen LogP contribution is 2.47. The third-order valence-electron chi connectivity index (χ3n) is 4.19. The smallest absolute Gasteiger partial charge is 0.127 e. The first-order chi connectivity index (χ1) is 9.20. The Hall–Kier alpha value is -0.600. The van der Waals surface area contributed by atoms with E-state index in [1.165, 1.54) is 18.9 Å². The van der Waals surface area contributed by atoms with Crippen LogP contribution in [0.3, 0.4) is 0 Å². The SMILES string of the molecule is CC(C)(C)NCC(C)(Cc1ccc(Cl)cc1F)C1CC1. The topological polar surface area (TPSA) is 12.0 Å². The molecule has 3 heteroatoms. The average molecular weight is 298 g/mol. The minimum absolute atomic E-state index is 0.0920. The maximum Gasteiger partial charge on any atom is 0.127 e. The lowest BCUT2D eigenvalue weighted by molar-refractivity contribution is 0.225. The van der Waals surface area contributed by atoms with Crippen molar-refractivity contribution >= 4 is 11.6 Å². The molecule has 0 aliphatic heterocycles. The molecule has 1 N–H and O–H groups in total. The molecule has 0 heterocycles. The van der Waals surface area contributed by atoms with Gasteiger partial charge < -0.3 is 5.32 Å². The maximum atomic E-state index is 14.0. The van der Waals surface area contributed by atoms with Gasteiger partial charge in [0.25, 0.3) is 0 Å². The lowest BCUT2D eigenvalue weighted by Crippen LogP contribution is -2.44. The summed E-state index contributed by atoms with van der Waals surface area (Å²) in [5.41, 5.74) is 0.982. The number of benzene rings is 1. The number of halogens is 2. The highest BCUT2D eigenvalue weighted by molar-refractivity contribution is 6.30. The van der Waals surface area contributed by atoms with Crippen molar-refractivity contribution in [3.63, 3.8) is 0 Å². The predicted molar refractivity (Wildman–Crippen MR) is 83.7 cm³/mol. The van der Waals surface area contributed by atoms with Crippen LogP contribution in [0.5, 0.6) is 0 Å². The van der Waals surface area contributed by atoms with Gasteiger partial charge in [-0.05, 0) is 69.1 Å². The minimum Gasteiger partial charge on any atom is -0.312 e. The van der Waals surface area contributed by atoms with Crippen LogP contribution in [0.2, 0.25) is 5.02 Å². The summed E-state index contributed by atoms with van der Waals surface area (Å²) >= 11 is 5.83. The van der Waals surface area contributed by atoms with Gasteiger partial charge >= 0.3 is 0 Å². The summed E-state index contributed by atoms with van der Waals surface area (Å²) < 4.78 is 14.0. The second kappa shape index (κ2) is 5.65. The Morgan fingerprint density at radius 1 is 1.25 bits per heavy atom. The fourth-order valence-electron chi connectivity index (χ4n) is 2.70. The molecule has 0 amide bonds. The van der Waals surface area contributed by atoms with Gasteiger partial charge in [0.2, 0.25) is 0 Å². The van der Waals surface area contributed by atoms with Gasteiger partial charge in [0, 0.05) is 17.1 Å². The van der Waals surface area contributed by atoms with Crippen LogP contribution in [0.25, 0.3) is 0 Å². The van der Waals surface area contributed by atoms with Gasteiger partial charge in [0.15, 0.2) is 0 Å².